The van der Waals surface area contributed by atoms with E-state index in [2.05, 4.69) is 18.2 Å². The first-order valence-corrected chi connectivity index (χ1v) is 10.3. The van der Waals surface area contributed by atoms with Crippen LogP contribution < -0.4 is 9.64 Å². The molecule has 28 heavy (non-hydrogen) atoms. The maximum atomic E-state index is 12.9. The summed E-state index contributed by atoms with van der Waals surface area (Å²) in [4.78, 5) is 16.0. The fourth-order valence-corrected chi connectivity index (χ4v) is 4.99. The number of nitrogens with zero attached hydrogens (tertiary/aromatic N) is 2. The number of methoxy groups -OCH3 is 1. The van der Waals surface area contributed by atoms with Crippen LogP contribution in [0.15, 0.2) is 65.2 Å². The van der Waals surface area contributed by atoms with Crippen LogP contribution >= 0.6 is 11.8 Å². The third kappa shape index (κ3) is 3.64. The second-order valence-corrected chi connectivity index (χ2v) is 8.01. The van der Waals surface area contributed by atoms with Gasteiger partial charge in [0.1, 0.15) is 23.2 Å². The number of benzene rings is 2. The third-order valence-electron chi connectivity index (χ3n) is 5.23. The van der Waals surface area contributed by atoms with Crippen LogP contribution in [0.5, 0.6) is 5.75 Å². The Kier molecular flexibility index (Phi) is 5.38. The van der Waals surface area contributed by atoms with Crippen molar-refractivity contribution < 1.29 is 14.4 Å². The van der Waals surface area contributed by atoms with E-state index in [9.17, 15) is 10.1 Å². The van der Waals surface area contributed by atoms with Crippen molar-refractivity contribution in [1.82, 2.24) is 4.90 Å². The summed E-state index contributed by atoms with van der Waals surface area (Å²) in [6, 6.07) is 20.4. The predicted molar refractivity (Wildman–Crippen MR) is 108 cm³/mol. The number of hydrogen-bond donors (Lipinski definition) is 1. The van der Waals surface area contributed by atoms with Gasteiger partial charge < -0.3 is 9.64 Å². The van der Waals surface area contributed by atoms with Gasteiger partial charge in [-0.1, -0.05) is 42.5 Å². The molecule has 142 valence electrons. The minimum Gasteiger partial charge on any atom is -0.497 e. The summed E-state index contributed by atoms with van der Waals surface area (Å²) in [6.07, 6.45) is 0.331. The predicted octanol–water partition coefficient (Wildman–Crippen LogP) is 2.49. The summed E-state index contributed by atoms with van der Waals surface area (Å²) >= 11 is 1.62. The van der Waals surface area contributed by atoms with Crippen molar-refractivity contribution in [2.75, 3.05) is 19.7 Å². The van der Waals surface area contributed by atoms with Gasteiger partial charge in [-0.25, -0.2) is 0 Å². The molecule has 0 aliphatic carbocycles. The van der Waals surface area contributed by atoms with Gasteiger partial charge in [0.05, 0.1) is 18.8 Å². The van der Waals surface area contributed by atoms with E-state index in [1.54, 1.807) is 18.9 Å². The normalized spacial score (nSPS) is 21.9. The van der Waals surface area contributed by atoms with Crippen molar-refractivity contribution in [2.24, 2.45) is 0 Å². The van der Waals surface area contributed by atoms with Crippen molar-refractivity contribution in [3.63, 3.8) is 0 Å². The number of amides is 1. The maximum absolute atomic E-state index is 12.9. The second-order valence-electron chi connectivity index (χ2n) is 7.04. The zero-order valence-corrected chi connectivity index (χ0v) is 16.5. The quantitative estimate of drug-likeness (QED) is 0.869. The fourth-order valence-electron chi connectivity index (χ4n) is 3.79. The van der Waals surface area contributed by atoms with E-state index in [-0.39, 0.29) is 11.8 Å². The Labute approximate surface area is 169 Å². The maximum Gasteiger partial charge on any atom is 0.232 e. The minimum atomic E-state index is -0.183. The molecule has 0 saturated carbocycles. The number of thioether (sulfide) groups is 1. The Morgan fingerprint density at radius 3 is 2.64 bits per heavy atom. The van der Waals surface area contributed by atoms with Crippen molar-refractivity contribution in [1.29, 1.82) is 5.26 Å². The highest BCUT2D eigenvalue weighted by Crippen LogP contribution is 2.40. The van der Waals surface area contributed by atoms with Crippen molar-refractivity contribution >= 4 is 17.7 Å². The van der Waals surface area contributed by atoms with Crippen LogP contribution in [0.25, 0.3) is 0 Å². The zero-order valence-electron chi connectivity index (χ0n) is 15.7. The van der Waals surface area contributed by atoms with E-state index in [4.69, 9.17) is 4.74 Å². The Morgan fingerprint density at radius 1 is 1.21 bits per heavy atom. The van der Waals surface area contributed by atoms with Crippen LogP contribution in [0.2, 0.25) is 0 Å². The number of nitriles is 1. The summed E-state index contributed by atoms with van der Waals surface area (Å²) in [5, 5.41) is 10.7. The molecule has 6 heteroatoms. The molecule has 2 aliphatic heterocycles. The molecule has 2 atom stereocenters. The zero-order chi connectivity index (χ0) is 19.5. The molecular formula is C22H22N3O2S+. The molecule has 1 saturated heterocycles. The molecule has 5 nitrogen and oxygen atoms in total. The van der Waals surface area contributed by atoms with Crippen LogP contribution in [-0.4, -0.2) is 30.5 Å². The first kappa shape index (κ1) is 18.6. The lowest BCUT2D eigenvalue weighted by Crippen LogP contribution is -3.12. The lowest BCUT2D eigenvalue weighted by atomic mass is 9.86. The van der Waals surface area contributed by atoms with Gasteiger partial charge in [-0.05, 0) is 29.5 Å². The van der Waals surface area contributed by atoms with E-state index in [0.717, 1.165) is 28.8 Å². The van der Waals surface area contributed by atoms with Gasteiger partial charge in [-0.3, -0.25) is 9.69 Å². The first-order valence-electron chi connectivity index (χ1n) is 9.28. The van der Waals surface area contributed by atoms with E-state index in [1.165, 1.54) is 10.5 Å². The topological polar surface area (TPSA) is 57.8 Å². The molecule has 1 amide bonds. The molecular weight excluding hydrogens is 370 g/mol. The van der Waals surface area contributed by atoms with Crippen LogP contribution in [0.1, 0.15) is 23.5 Å². The summed E-state index contributed by atoms with van der Waals surface area (Å²) in [5.41, 5.74) is 2.94. The van der Waals surface area contributed by atoms with E-state index < -0.39 is 0 Å². The Bertz CT molecular complexity index is 935. The Balaban J connectivity index is 1.58. The minimum absolute atomic E-state index is 0.0904. The molecule has 2 aliphatic rings. The van der Waals surface area contributed by atoms with Gasteiger partial charge in [0, 0.05) is 17.9 Å². The first-order chi connectivity index (χ1) is 13.7. The smallest absolute Gasteiger partial charge is 0.232 e. The van der Waals surface area contributed by atoms with Crippen LogP contribution in [0.3, 0.4) is 0 Å². The molecule has 1 fully saturated rings. The number of nitrogens with one attached hydrogen (secondary N) is 1. The number of hydrogen-bond acceptors (Lipinski definition) is 4. The van der Waals surface area contributed by atoms with Gasteiger partial charge in [0.25, 0.3) is 0 Å². The standard InChI is InChI=1S/C22H21N3O2S/c1-27-18-9-7-17(8-10-18)19-11-21(26)25-14-24(13-16-5-3-2-4-6-16)15-28-22(25)20(19)12-23/h2-10,19H,11,13-15H2,1H3/p+1/t19-/m0/s1. The largest absolute Gasteiger partial charge is 0.497 e. The van der Waals surface area contributed by atoms with E-state index in [0.29, 0.717) is 18.7 Å². The summed E-state index contributed by atoms with van der Waals surface area (Å²) in [7, 11) is 1.63. The molecule has 2 aromatic rings. The van der Waals surface area contributed by atoms with Gasteiger partial charge in [-0.15, -0.1) is 0 Å². The summed E-state index contributed by atoms with van der Waals surface area (Å²) < 4.78 is 5.22. The second kappa shape index (κ2) is 8.09. The van der Waals surface area contributed by atoms with Crippen LogP contribution in [0.4, 0.5) is 0 Å². The van der Waals surface area contributed by atoms with Gasteiger partial charge >= 0.3 is 0 Å². The lowest BCUT2D eigenvalue weighted by molar-refractivity contribution is -0.910. The summed E-state index contributed by atoms with van der Waals surface area (Å²) in [6.45, 7) is 1.48. The number of quaternary nitrogens is 1. The highest BCUT2D eigenvalue weighted by Gasteiger charge is 2.39. The number of ether oxygens (including phenoxy) is 1. The molecule has 0 spiro atoms. The highest BCUT2D eigenvalue weighted by molar-refractivity contribution is 8.02. The van der Waals surface area contributed by atoms with Crippen LogP contribution in [-0.2, 0) is 11.3 Å². The van der Waals surface area contributed by atoms with Crippen molar-refractivity contribution in [3.8, 4) is 11.8 Å². The molecule has 1 unspecified atom stereocenters. The molecule has 4 rings (SSSR count). The van der Waals surface area contributed by atoms with Gasteiger partial charge in [0.15, 0.2) is 6.67 Å². The number of rotatable bonds is 4. The highest BCUT2D eigenvalue weighted by atomic mass is 32.2. The molecule has 0 radical (unpaired) electrons. The van der Waals surface area contributed by atoms with Crippen LogP contribution in [0, 0.1) is 11.3 Å². The monoisotopic (exact) mass is 392 g/mol. The number of carbonyl (C=O) groups excluding carboxylic acids is 1. The number of carbonyl (C=O) groups is 1. The number of fused-ring (bicyclic) bond motifs is 1. The molecule has 2 aromatic carbocycles. The SMILES string of the molecule is COc1ccc([C@@H]2CC(=O)N3C[NH+](Cc4ccccc4)CSC3=C2C#N)cc1. The van der Waals surface area contributed by atoms with Gasteiger partial charge in [0.2, 0.25) is 5.91 Å². The lowest BCUT2D eigenvalue weighted by Gasteiger charge is -2.39. The van der Waals surface area contributed by atoms with E-state index in [1.807, 2.05) is 47.4 Å². The van der Waals surface area contributed by atoms with Gasteiger partial charge in [-0.2, -0.15) is 5.26 Å². The number of allylic oxidation sites excluding steroid dienone is 1. The van der Waals surface area contributed by atoms with Crippen molar-refractivity contribution in [3.05, 3.63) is 76.3 Å². The molecule has 1 N–H and O–H groups in total. The molecule has 0 bridgehead atoms. The fraction of sp³-hybridized carbons (Fsp3) is 0.273. The van der Waals surface area contributed by atoms with Crippen molar-refractivity contribution in [2.45, 2.75) is 18.9 Å². The average Bonchev–Trinajstić information content (AvgIpc) is 2.75. The Hall–Kier alpha value is -2.75. The average molecular weight is 393 g/mol. The Morgan fingerprint density at radius 2 is 1.96 bits per heavy atom. The molecule has 2 heterocycles. The third-order valence-corrected chi connectivity index (χ3v) is 6.50. The summed E-state index contributed by atoms with van der Waals surface area (Å²) in [5.74, 6) is 1.52. The molecule has 0 aromatic heterocycles. The van der Waals surface area contributed by atoms with E-state index >= 15 is 0 Å².